The van der Waals surface area contributed by atoms with Gasteiger partial charge in [0.25, 0.3) is 0 Å². The fourth-order valence-corrected chi connectivity index (χ4v) is 2.52. The van der Waals surface area contributed by atoms with E-state index in [0.29, 0.717) is 0 Å². The van der Waals surface area contributed by atoms with E-state index in [4.69, 9.17) is 5.73 Å². The first-order chi connectivity index (χ1) is 7.83. The van der Waals surface area contributed by atoms with E-state index in [1.54, 1.807) is 11.3 Å². The molecule has 0 saturated carbocycles. The fraction of sp³-hybridized carbons (Fsp3) is 0.417. The highest BCUT2D eigenvalue weighted by Crippen LogP contribution is 2.26. The van der Waals surface area contributed by atoms with E-state index in [-0.39, 0.29) is 0 Å². The Bertz CT molecular complexity index is 464. The van der Waals surface area contributed by atoms with E-state index < -0.39 is 0 Å². The van der Waals surface area contributed by atoms with Gasteiger partial charge in [0.15, 0.2) is 5.13 Å². The summed E-state index contributed by atoms with van der Waals surface area (Å²) in [4.78, 5) is 4.53. The van der Waals surface area contributed by atoms with E-state index in [2.05, 4.69) is 35.4 Å². The van der Waals surface area contributed by atoms with Crippen LogP contribution in [0.25, 0.3) is 10.2 Å². The second-order valence-electron chi connectivity index (χ2n) is 3.74. The summed E-state index contributed by atoms with van der Waals surface area (Å²) in [5, 5.41) is 4.30. The molecular weight excluding hydrogens is 218 g/mol. The number of nitrogens with zero attached hydrogens (tertiary/aromatic N) is 1. The molecule has 0 bridgehead atoms. The van der Waals surface area contributed by atoms with Crippen molar-refractivity contribution in [3.05, 3.63) is 23.8 Å². The van der Waals surface area contributed by atoms with E-state index in [1.807, 2.05) is 0 Å². The zero-order valence-electron chi connectivity index (χ0n) is 9.49. The molecule has 0 aliphatic rings. The van der Waals surface area contributed by atoms with Crippen molar-refractivity contribution < 1.29 is 0 Å². The van der Waals surface area contributed by atoms with E-state index in [9.17, 15) is 0 Å². The molecule has 0 spiro atoms. The third-order valence-corrected chi connectivity index (χ3v) is 3.49. The van der Waals surface area contributed by atoms with Gasteiger partial charge < -0.3 is 11.1 Å². The maximum atomic E-state index is 5.45. The molecular formula is C12H17N3S. The number of nitrogens with two attached hydrogens (primary N) is 1. The molecule has 86 valence electrons. The fourth-order valence-electron chi connectivity index (χ4n) is 1.56. The van der Waals surface area contributed by atoms with Gasteiger partial charge in [-0.2, -0.15) is 0 Å². The van der Waals surface area contributed by atoms with Crippen LogP contribution in [0.4, 0.5) is 5.13 Å². The molecule has 3 N–H and O–H groups in total. The van der Waals surface area contributed by atoms with Crippen LogP contribution in [0.2, 0.25) is 0 Å². The topological polar surface area (TPSA) is 50.9 Å². The molecule has 0 saturated heterocycles. The van der Waals surface area contributed by atoms with Crippen molar-refractivity contribution in [3.63, 3.8) is 0 Å². The molecule has 0 atom stereocenters. The molecule has 1 aromatic carbocycles. The lowest BCUT2D eigenvalue weighted by atomic mass is 10.2. The number of aromatic nitrogens is 1. The van der Waals surface area contributed by atoms with Crippen LogP contribution in [0.5, 0.6) is 0 Å². The lowest BCUT2D eigenvalue weighted by molar-refractivity contribution is 0.873. The van der Waals surface area contributed by atoms with Gasteiger partial charge in [0.05, 0.1) is 10.2 Å². The number of hydrogen-bond donors (Lipinski definition) is 2. The molecule has 0 aliphatic carbocycles. The molecule has 4 heteroatoms. The maximum absolute atomic E-state index is 5.45. The first-order valence-electron chi connectivity index (χ1n) is 5.67. The Labute approximate surface area is 99.7 Å². The lowest BCUT2D eigenvalue weighted by Crippen LogP contribution is -2.07. The van der Waals surface area contributed by atoms with Crippen molar-refractivity contribution in [2.75, 3.05) is 18.4 Å². The van der Waals surface area contributed by atoms with Gasteiger partial charge in [-0.15, -0.1) is 0 Å². The Morgan fingerprint density at radius 1 is 1.44 bits per heavy atom. The quantitative estimate of drug-likeness (QED) is 0.783. The number of rotatable bonds is 5. The van der Waals surface area contributed by atoms with Gasteiger partial charge in [0.2, 0.25) is 0 Å². The summed E-state index contributed by atoms with van der Waals surface area (Å²) < 4.78 is 1.26. The zero-order chi connectivity index (χ0) is 11.4. The van der Waals surface area contributed by atoms with Crippen molar-refractivity contribution in [3.8, 4) is 0 Å². The normalized spacial score (nSPS) is 10.9. The number of hydrogen-bond acceptors (Lipinski definition) is 4. The van der Waals surface area contributed by atoms with Crippen LogP contribution >= 0.6 is 11.3 Å². The van der Waals surface area contributed by atoms with Crippen molar-refractivity contribution in [2.45, 2.75) is 19.8 Å². The molecule has 2 rings (SSSR count). The zero-order valence-corrected chi connectivity index (χ0v) is 10.3. The summed E-state index contributed by atoms with van der Waals surface area (Å²) in [5.41, 5.74) is 7.90. The number of nitrogens with one attached hydrogen (secondary N) is 1. The van der Waals surface area contributed by atoms with Crippen molar-refractivity contribution >= 4 is 26.7 Å². The van der Waals surface area contributed by atoms with Gasteiger partial charge >= 0.3 is 0 Å². The van der Waals surface area contributed by atoms with Gasteiger partial charge in [-0.05, 0) is 37.1 Å². The highest BCUT2D eigenvalue weighted by molar-refractivity contribution is 7.22. The van der Waals surface area contributed by atoms with Crippen LogP contribution in [-0.4, -0.2) is 18.1 Å². The summed E-state index contributed by atoms with van der Waals surface area (Å²) >= 11 is 1.71. The van der Waals surface area contributed by atoms with Gasteiger partial charge in [-0.3, -0.25) is 0 Å². The molecule has 0 fully saturated rings. The van der Waals surface area contributed by atoms with Gasteiger partial charge in [0.1, 0.15) is 0 Å². The number of aryl methyl sites for hydroxylation is 1. The number of thiazole rings is 1. The maximum Gasteiger partial charge on any atom is 0.183 e. The summed E-state index contributed by atoms with van der Waals surface area (Å²) in [5.74, 6) is 0. The summed E-state index contributed by atoms with van der Waals surface area (Å²) in [6.45, 7) is 3.79. The molecule has 0 unspecified atom stereocenters. The number of benzene rings is 1. The molecule has 16 heavy (non-hydrogen) atoms. The second kappa shape index (κ2) is 5.27. The van der Waals surface area contributed by atoms with E-state index >= 15 is 0 Å². The molecule has 3 nitrogen and oxygen atoms in total. The first kappa shape index (κ1) is 11.4. The second-order valence-corrected chi connectivity index (χ2v) is 4.77. The third kappa shape index (κ3) is 2.51. The van der Waals surface area contributed by atoms with Crippen LogP contribution in [0.1, 0.15) is 18.9 Å². The van der Waals surface area contributed by atoms with Gasteiger partial charge in [0, 0.05) is 6.54 Å². The van der Waals surface area contributed by atoms with E-state index in [0.717, 1.165) is 36.6 Å². The summed E-state index contributed by atoms with van der Waals surface area (Å²) in [6.07, 6.45) is 2.06. The number of anilines is 1. The standard InChI is InChI=1S/C12H17N3S/c1-2-9-4-5-10-11(8-9)16-12(15-10)14-7-3-6-13/h4-5,8H,2-3,6-7,13H2,1H3,(H,14,15). The summed E-state index contributed by atoms with van der Waals surface area (Å²) in [7, 11) is 0. The Morgan fingerprint density at radius 3 is 3.06 bits per heavy atom. The molecule has 1 aromatic heterocycles. The Morgan fingerprint density at radius 2 is 2.31 bits per heavy atom. The molecule has 1 heterocycles. The van der Waals surface area contributed by atoms with E-state index in [1.165, 1.54) is 10.3 Å². The Kier molecular flexibility index (Phi) is 3.74. The third-order valence-electron chi connectivity index (χ3n) is 2.52. The molecule has 0 aliphatic heterocycles. The van der Waals surface area contributed by atoms with Crippen molar-refractivity contribution in [1.29, 1.82) is 0 Å². The molecule has 0 amide bonds. The van der Waals surface area contributed by atoms with Crippen LogP contribution in [-0.2, 0) is 6.42 Å². The average Bonchev–Trinajstić information content (AvgIpc) is 2.70. The minimum atomic E-state index is 0.720. The minimum absolute atomic E-state index is 0.720. The van der Waals surface area contributed by atoms with Gasteiger partial charge in [-0.1, -0.05) is 24.3 Å². The number of fused-ring (bicyclic) bond motifs is 1. The lowest BCUT2D eigenvalue weighted by Gasteiger charge is -1.98. The predicted molar refractivity (Wildman–Crippen MR) is 71.2 cm³/mol. The molecule has 2 aromatic rings. The first-order valence-corrected chi connectivity index (χ1v) is 6.48. The Balaban J connectivity index is 2.16. The van der Waals surface area contributed by atoms with Crippen molar-refractivity contribution in [2.24, 2.45) is 5.73 Å². The average molecular weight is 235 g/mol. The monoisotopic (exact) mass is 235 g/mol. The highest BCUT2D eigenvalue weighted by Gasteiger charge is 2.03. The molecule has 0 radical (unpaired) electrons. The minimum Gasteiger partial charge on any atom is -0.361 e. The largest absolute Gasteiger partial charge is 0.361 e. The predicted octanol–water partition coefficient (Wildman–Crippen LogP) is 2.62. The Hall–Kier alpha value is -1.13. The van der Waals surface area contributed by atoms with Crippen LogP contribution in [0.3, 0.4) is 0 Å². The van der Waals surface area contributed by atoms with Crippen LogP contribution in [0, 0.1) is 0 Å². The van der Waals surface area contributed by atoms with Crippen molar-refractivity contribution in [1.82, 2.24) is 4.98 Å². The summed E-state index contributed by atoms with van der Waals surface area (Å²) in [6, 6.07) is 6.46. The highest BCUT2D eigenvalue weighted by atomic mass is 32.1. The van der Waals surface area contributed by atoms with Gasteiger partial charge in [-0.25, -0.2) is 4.98 Å². The smallest absolute Gasteiger partial charge is 0.183 e. The van der Waals surface area contributed by atoms with Crippen LogP contribution in [0.15, 0.2) is 18.2 Å². The van der Waals surface area contributed by atoms with Crippen LogP contribution < -0.4 is 11.1 Å². The SMILES string of the molecule is CCc1ccc2nc(NCCCN)sc2c1.